The predicted molar refractivity (Wildman–Crippen MR) is 396 cm³/mol. The molecule has 0 fully saturated rings. The van der Waals surface area contributed by atoms with E-state index in [1.54, 1.807) is 13.8 Å². The number of phenols is 1. The van der Waals surface area contributed by atoms with Crippen LogP contribution in [0.2, 0.25) is 0 Å². The summed E-state index contributed by atoms with van der Waals surface area (Å²) in [6.45, 7) is 3.61. The number of aliphatic carboxylic acids is 2. The minimum atomic E-state index is -2.15. The Kier molecular flexibility index (Phi) is 48.3. The van der Waals surface area contributed by atoms with E-state index in [2.05, 4.69) is 69.1 Å². The molecule has 0 radical (unpaired) electrons. The lowest BCUT2D eigenvalue weighted by molar-refractivity contribution is -0.142. The predicted octanol–water partition coefficient (Wildman–Crippen LogP) is -8.90. The molecule has 0 saturated heterocycles. The number of hydrogen-bond acceptors (Lipinski definition) is 25. The quantitative estimate of drug-likeness (QED) is 0.0269. The summed E-state index contributed by atoms with van der Waals surface area (Å²) >= 11 is 0. The second kappa shape index (κ2) is 54.3. The number of carbonyl (C=O) groups is 17. The zero-order valence-electron chi connectivity index (χ0n) is 62.9. The number of benzene rings is 1. The highest BCUT2D eigenvalue weighted by molar-refractivity contribution is 6.01. The third-order valence-corrected chi connectivity index (χ3v) is 17.1. The zero-order valence-corrected chi connectivity index (χ0v) is 62.9. The smallest absolute Gasteiger partial charge is 0.322 e. The van der Waals surface area contributed by atoms with E-state index < -0.39 is 218 Å². The van der Waals surface area contributed by atoms with Crippen molar-refractivity contribution in [3.8, 4) is 5.75 Å². The summed E-state index contributed by atoms with van der Waals surface area (Å²) in [6, 6.07) is -12.8. The first-order chi connectivity index (χ1) is 52.1. The average molecular weight is 1560 g/mol. The lowest BCUT2D eigenvalue weighted by atomic mass is 9.97. The summed E-state index contributed by atoms with van der Waals surface area (Å²) in [6.07, 6.45) is 1.79. The van der Waals surface area contributed by atoms with Gasteiger partial charge >= 0.3 is 11.9 Å². The SMILES string of the molecule is CC[C@H](C)[C@H](NC(=O)[C@H](CCCCN)NC(=O)[C@H](Cc1ccc(O)cc1)NC(=O)[C@H](CCCCN)NC(=O)[C@H](CC(N)=O)NC(=O)[C@H](CC(=O)O)NC(=O)[C@H](CO)NC(=O)CNC(=O)[C@H](C)NC(=O)[C@H](CCCCN)NC(=O)[C@H](CCCCN)NC(=O)[C@@H](N)CCCCN)C(=O)N[C@@H](C)C(=O)NCC(=O)NCC(=O)O. The lowest BCUT2D eigenvalue weighted by Gasteiger charge is -2.29. The van der Waals surface area contributed by atoms with Crippen LogP contribution in [-0.2, 0) is 87.9 Å². The molecule has 32 N–H and O–H groups in total. The number of phenolic OH excluding ortho intramolecular Hbond substituents is 1. The van der Waals surface area contributed by atoms with E-state index in [4.69, 9.17) is 45.2 Å². The van der Waals surface area contributed by atoms with E-state index in [9.17, 15) is 96.8 Å². The molecule has 110 heavy (non-hydrogen) atoms. The molecule has 42 nitrogen and oxygen atoms in total. The van der Waals surface area contributed by atoms with Crippen LogP contribution in [0.15, 0.2) is 24.3 Å². The number of aliphatic hydroxyl groups is 1. The summed E-state index contributed by atoms with van der Waals surface area (Å²) in [5.74, 6) is -18.9. The van der Waals surface area contributed by atoms with Gasteiger partial charge in [0.15, 0.2) is 0 Å². The van der Waals surface area contributed by atoms with Crippen LogP contribution in [-0.4, -0.2) is 252 Å². The van der Waals surface area contributed by atoms with Crippen LogP contribution in [0, 0.1) is 5.92 Å². The van der Waals surface area contributed by atoms with Gasteiger partial charge in [0.25, 0.3) is 0 Å². The third kappa shape index (κ3) is 39.7. The Morgan fingerprint density at radius 1 is 0.373 bits per heavy atom. The van der Waals surface area contributed by atoms with Gasteiger partial charge in [-0.15, -0.1) is 0 Å². The molecule has 15 amide bonds. The van der Waals surface area contributed by atoms with Gasteiger partial charge in [0.05, 0.1) is 38.6 Å². The molecule has 0 heterocycles. The number of hydrogen-bond donors (Lipinski definition) is 25. The minimum absolute atomic E-state index is 0.0493. The van der Waals surface area contributed by atoms with Crippen LogP contribution < -0.4 is 115 Å². The normalized spacial score (nSPS) is 14.5. The van der Waals surface area contributed by atoms with Gasteiger partial charge in [-0.3, -0.25) is 81.5 Å². The lowest BCUT2D eigenvalue weighted by Crippen LogP contribution is -2.61. The van der Waals surface area contributed by atoms with Crippen LogP contribution in [0.1, 0.15) is 149 Å². The maximum Gasteiger partial charge on any atom is 0.322 e. The maximum atomic E-state index is 14.6. The van der Waals surface area contributed by atoms with Crippen LogP contribution in [0.4, 0.5) is 0 Å². The molecule has 42 heteroatoms. The van der Waals surface area contributed by atoms with Crippen LogP contribution in [0.5, 0.6) is 5.75 Å². The molecule has 0 saturated carbocycles. The standard InChI is InChI=1S/C68H117N21O21/c1-5-37(2)56(68(110)80-39(4)58(100)77-33-52(93)76-35-55(97)98)89-63(105)46(20-10-15-29-73)85-64(106)47(30-40-21-23-41(91)24-22-40)86-62(104)45(19-9-14-28-72)84-65(107)48(31-51(75)92)87-66(108)49(32-54(95)96)88-67(109)50(36-90)81-53(94)34-78-57(99)38(3)79-60(102)43(17-7-12-26-70)83-61(103)44(18-8-13-27-71)82-59(101)42(74)16-6-11-25-69/h21-24,37-39,42-50,56,90-91H,5-20,25-36,69-74H2,1-4H3,(H2,75,92)(H,76,93)(H,77,100)(H,78,99)(H,79,102)(H,80,110)(H,81,94)(H,82,101)(H,83,103)(H,84,107)(H,85,106)(H,86,104)(H,87,108)(H,88,109)(H,89,105)(H,95,96)(H,97,98)/t37-,38-,39-,42-,43-,44-,45-,46-,47-,48-,49-,50-,56-/m0/s1. The zero-order chi connectivity index (χ0) is 83.0. The van der Waals surface area contributed by atoms with Crippen LogP contribution in [0.3, 0.4) is 0 Å². The molecule has 0 aliphatic heterocycles. The van der Waals surface area contributed by atoms with Gasteiger partial charge in [-0.05, 0) is 160 Å². The second-order valence-corrected chi connectivity index (χ2v) is 26.3. The summed E-state index contributed by atoms with van der Waals surface area (Å²) < 4.78 is 0. The monoisotopic (exact) mass is 1560 g/mol. The molecule has 1 aromatic carbocycles. The fourth-order valence-electron chi connectivity index (χ4n) is 10.5. The van der Waals surface area contributed by atoms with Gasteiger partial charge in [0, 0.05) is 6.42 Å². The Morgan fingerprint density at radius 2 is 0.727 bits per heavy atom. The van der Waals surface area contributed by atoms with Crippen molar-refractivity contribution in [3.63, 3.8) is 0 Å². The molecule has 0 bridgehead atoms. The summed E-state index contributed by atoms with van der Waals surface area (Å²) in [4.78, 5) is 227. The number of nitrogens with one attached hydrogen (secondary N) is 14. The molecular formula is C68H117N21O21. The summed E-state index contributed by atoms with van der Waals surface area (Å²) in [5, 5.41) is 72.3. The number of aliphatic hydroxyl groups excluding tert-OH is 1. The molecule has 0 aromatic heterocycles. The number of nitrogens with two attached hydrogens (primary N) is 7. The van der Waals surface area contributed by atoms with E-state index in [1.165, 1.54) is 38.1 Å². The maximum absolute atomic E-state index is 14.6. The van der Waals surface area contributed by atoms with Gasteiger partial charge in [0.1, 0.15) is 78.8 Å². The highest BCUT2D eigenvalue weighted by Crippen LogP contribution is 2.16. The molecule has 1 aromatic rings. The van der Waals surface area contributed by atoms with E-state index >= 15 is 0 Å². The third-order valence-electron chi connectivity index (χ3n) is 17.1. The molecule has 0 spiro atoms. The Balaban J connectivity index is 3.48. The number of carboxylic acid groups (broad SMARTS) is 2. The van der Waals surface area contributed by atoms with Crippen LogP contribution in [0.25, 0.3) is 0 Å². The number of carbonyl (C=O) groups excluding carboxylic acids is 15. The molecule has 0 aliphatic rings. The van der Waals surface area contributed by atoms with Crippen molar-refractivity contribution in [2.75, 3.05) is 59.0 Å². The first-order valence-electron chi connectivity index (χ1n) is 36.6. The van der Waals surface area contributed by atoms with Gasteiger partial charge in [0.2, 0.25) is 88.6 Å². The van der Waals surface area contributed by atoms with E-state index in [1.807, 2.05) is 5.32 Å². The first kappa shape index (κ1) is 97.7. The van der Waals surface area contributed by atoms with E-state index in [0.29, 0.717) is 76.4 Å². The van der Waals surface area contributed by atoms with Crippen molar-refractivity contribution >= 4 is 101 Å². The van der Waals surface area contributed by atoms with E-state index in [-0.39, 0.29) is 76.8 Å². The van der Waals surface area contributed by atoms with Gasteiger partial charge in [-0.2, -0.15) is 0 Å². The number of rotatable bonds is 58. The topological polar surface area (TPSA) is 722 Å². The number of unbranched alkanes of at least 4 members (excludes halogenated alkanes) is 5. The fraction of sp³-hybridized carbons (Fsp3) is 0.662. The molecule has 620 valence electrons. The largest absolute Gasteiger partial charge is 0.508 e. The molecule has 13 atom stereocenters. The van der Waals surface area contributed by atoms with Gasteiger partial charge < -0.3 is 135 Å². The number of aromatic hydroxyl groups is 1. The van der Waals surface area contributed by atoms with Gasteiger partial charge in [-0.1, -0.05) is 38.8 Å². The van der Waals surface area contributed by atoms with Crippen LogP contribution >= 0.6 is 0 Å². The Hall–Kier alpha value is -10.3. The summed E-state index contributed by atoms with van der Waals surface area (Å²) in [5.41, 5.74) is 40.4. The second-order valence-electron chi connectivity index (χ2n) is 26.3. The Morgan fingerprint density at radius 3 is 1.14 bits per heavy atom. The molecule has 1 rings (SSSR count). The first-order valence-corrected chi connectivity index (χ1v) is 36.6. The van der Waals surface area contributed by atoms with Crippen molar-refractivity contribution in [1.29, 1.82) is 0 Å². The Bertz CT molecular complexity index is 3190. The number of carboxylic acids is 2. The average Bonchev–Trinajstić information content (AvgIpc) is 0.864. The van der Waals surface area contributed by atoms with Crippen molar-refractivity contribution in [2.45, 2.75) is 222 Å². The summed E-state index contributed by atoms with van der Waals surface area (Å²) in [7, 11) is 0. The molecule has 0 unspecified atom stereocenters. The van der Waals surface area contributed by atoms with Crippen molar-refractivity contribution in [2.24, 2.45) is 46.1 Å². The highest BCUT2D eigenvalue weighted by atomic mass is 16.4. The molecule has 0 aliphatic carbocycles. The number of primary amides is 1. The minimum Gasteiger partial charge on any atom is -0.508 e. The Labute approximate surface area is 637 Å². The number of amides is 15. The van der Waals surface area contributed by atoms with E-state index in [0.717, 1.165) is 0 Å². The fourth-order valence-corrected chi connectivity index (χ4v) is 10.5. The van der Waals surface area contributed by atoms with Crippen molar-refractivity contribution < 1.29 is 102 Å². The van der Waals surface area contributed by atoms with Crippen molar-refractivity contribution in [1.82, 2.24) is 74.4 Å². The molecular weight excluding hydrogens is 1450 g/mol. The van der Waals surface area contributed by atoms with Gasteiger partial charge in [-0.25, -0.2) is 0 Å². The van der Waals surface area contributed by atoms with Crippen molar-refractivity contribution in [3.05, 3.63) is 29.8 Å². The highest BCUT2D eigenvalue weighted by Gasteiger charge is 2.38.